The lowest BCUT2D eigenvalue weighted by Gasteiger charge is -2.17. The zero-order chi connectivity index (χ0) is 18.3. The Morgan fingerprint density at radius 1 is 1.23 bits per heavy atom. The van der Waals surface area contributed by atoms with Crippen LogP contribution in [-0.4, -0.2) is 33.1 Å². The number of aliphatic carboxylic acids is 1. The van der Waals surface area contributed by atoms with Gasteiger partial charge in [-0.15, -0.1) is 0 Å². The molecule has 6 heteroatoms. The summed E-state index contributed by atoms with van der Waals surface area (Å²) in [6, 6.07) is 15.3. The molecular weight excluding hydrogens is 330 g/mol. The van der Waals surface area contributed by atoms with Crippen LogP contribution >= 0.6 is 0 Å². The van der Waals surface area contributed by atoms with Gasteiger partial charge in [0.25, 0.3) is 0 Å². The number of carboxylic acids is 1. The van der Waals surface area contributed by atoms with Crippen molar-refractivity contribution in [3.05, 3.63) is 59.9 Å². The quantitative estimate of drug-likeness (QED) is 0.786. The average Bonchev–Trinajstić information content (AvgIpc) is 3.16. The van der Waals surface area contributed by atoms with E-state index in [1.165, 1.54) is 0 Å². The number of carbonyl (C=O) groups excluding carboxylic acids is 1. The van der Waals surface area contributed by atoms with Crippen LogP contribution in [0.4, 0.5) is 5.69 Å². The van der Waals surface area contributed by atoms with Crippen molar-refractivity contribution in [2.45, 2.75) is 25.8 Å². The van der Waals surface area contributed by atoms with Crippen LogP contribution in [0, 0.1) is 6.92 Å². The van der Waals surface area contributed by atoms with Crippen molar-refractivity contribution in [1.82, 2.24) is 9.55 Å². The van der Waals surface area contributed by atoms with E-state index >= 15 is 0 Å². The Morgan fingerprint density at radius 3 is 2.81 bits per heavy atom. The zero-order valence-corrected chi connectivity index (χ0v) is 14.4. The number of aromatic nitrogens is 2. The third kappa shape index (κ3) is 2.83. The molecule has 1 aliphatic rings. The fourth-order valence-electron chi connectivity index (χ4n) is 3.63. The fourth-order valence-corrected chi connectivity index (χ4v) is 3.63. The number of carbonyl (C=O) groups is 2. The molecule has 0 aliphatic carbocycles. The Bertz CT molecular complexity index is 1010. The molecule has 0 spiro atoms. The first-order valence-corrected chi connectivity index (χ1v) is 8.57. The highest BCUT2D eigenvalue weighted by atomic mass is 16.4. The second-order valence-corrected chi connectivity index (χ2v) is 6.68. The third-order valence-corrected chi connectivity index (χ3v) is 4.78. The van der Waals surface area contributed by atoms with Crippen LogP contribution in [0.1, 0.15) is 23.7 Å². The third-order valence-electron chi connectivity index (χ3n) is 4.78. The molecule has 1 aliphatic heterocycles. The summed E-state index contributed by atoms with van der Waals surface area (Å²) in [4.78, 5) is 30.3. The summed E-state index contributed by atoms with van der Waals surface area (Å²) >= 11 is 0. The number of hydrogen-bond donors (Lipinski definition) is 1. The number of carboxylic acid groups (broad SMARTS) is 1. The van der Waals surface area contributed by atoms with Crippen LogP contribution in [0.15, 0.2) is 48.5 Å². The number of para-hydroxylation sites is 2. The average molecular weight is 349 g/mol. The molecule has 1 N–H and O–H groups in total. The van der Waals surface area contributed by atoms with Gasteiger partial charge in [0.15, 0.2) is 0 Å². The van der Waals surface area contributed by atoms with Gasteiger partial charge < -0.3 is 14.6 Å². The Labute approximate surface area is 150 Å². The number of aryl methyl sites for hydroxylation is 1. The highest BCUT2D eigenvalue weighted by Gasteiger charge is 2.35. The van der Waals surface area contributed by atoms with E-state index in [-0.39, 0.29) is 18.4 Å². The van der Waals surface area contributed by atoms with E-state index in [0.717, 1.165) is 22.3 Å². The summed E-state index contributed by atoms with van der Waals surface area (Å²) in [5.74, 6) is -0.351. The summed E-state index contributed by atoms with van der Waals surface area (Å²) < 4.78 is 1.72. The van der Waals surface area contributed by atoms with Crippen molar-refractivity contribution in [3.8, 4) is 0 Å². The van der Waals surface area contributed by atoms with Crippen molar-refractivity contribution in [2.75, 3.05) is 11.4 Å². The first-order chi connectivity index (χ1) is 12.5. The van der Waals surface area contributed by atoms with Crippen molar-refractivity contribution in [1.29, 1.82) is 0 Å². The maximum absolute atomic E-state index is 12.6. The van der Waals surface area contributed by atoms with Crippen LogP contribution in [-0.2, 0) is 16.1 Å². The van der Waals surface area contributed by atoms with E-state index in [0.29, 0.717) is 18.8 Å². The number of benzene rings is 2. The minimum Gasteiger partial charge on any atom is -0.480 e. The van der Waals surface area contributed by atoms with Gasteiger partial charge in [0.05, 0.1) is 11.0 Å². The van der Waals surface area contributed by atoms with E-state index in [1.807, 2.05) is 55.5 Å². The lowest BCUT2D eigenvalue weighted by atomic mass is 10.1. The SMILES string of the molecule is Cc1cccc(N2CC(c3nc4ccccc4n3CC(=O)O)CC2=O)c1. The van der Waals surface area contributed by atoms with E-state index in [2.05, 4.69) is 4.98 Å². The van der Waals surface area contributed by atoms with Crippen molar-refractivity contribution in [2.24, 2.45) is 0 Å². The molecule has 132 valence electrons. The number of nitrogens with zero attached hydrogens (tertiary/aromatic N) is 3. The number of anilines is 1. The summed E-state index contributed by atoms with van der Waals surface area (Å²) in [6.07, 6.45) is 0.330. The van der Waals surface area contributed by atoms with Crippen LogP contribution in [0.5, 0.6) is 0 Å². The Kier molecular flexibility index (Phi) is 3.95. The van der Waals surface area contributed by atoms with E-state index in [4.69, 9.17) is 0 Å². The minimum absolute atomic E-state index is 0.0366. The summed E-state index contributed by atoms with van der Waals surface area (Å²) in [5.41, 5.74) is 3.51. The second-order valence-electron chi connectivity index (χ2n) is 6.68. The second kappa shape index (κ2) is 6.29. The van der Waals surface area contributed by atoms with E-state index in [1.54, 1.807) is 9.47 Å². The Balaban J connectivity index is 1.72. The van der Waals surface area contributed by atoms with Gasteiger partial charge in [-0.25, -0.2) is 4.98 Å². The molecule has 1 aromatic heterocycles. The van der Waals surface area contributed by atoms with E-state index in [9.17, 15) is 14.7 Å². The first kappa shape index (κ1) is 16.3. The van der Waals surface area contributed by atoms with Crippen LogP contribution in [0.3, 0.4) is 0 Å². The number of hydrogen-bond acceptors (Lipinski definition) is 3. The molecule has 1 unspecified atom stereocenters. The number of amides is 1. The molecule has 4 rings (SSSR count). The van der Waals surface area contributed by atoms with Crippen molar-refractivity contribution in [3.63, 3.8) is 0 Å². The molecule has 3 aromatic rings. The molecule has 1 amide bonds. The standard InChI is InChI=1S/C20H19N3O3/c1-13-5-4-6-15(9-13)22-11-14(10-18(22)24)20-21-16-7-2-3-8-17(16)23(20)12-19(25)26/h2-9,14H,10-12H2,1H3,(H,25,26). The largest absolute Gasteiger partial charge is 0.480 e. The van der Waals surface area contributed by atoms with E-state index < -0.39 is 5.97 Å². The smallest absolute Gasteiger partial charge is 0.323 e. The Morgan fingerprint density at radius 2 is 2.04 bits per heavy atom. The number of fused-ring (bicyclic) bond motifs is 1. The van der Waals surface area contributed by atoms with Gasteiger partial charge in [-0.05, 0) is 36.8 Å². The first-order valence-electron chi connectivity index (χ1n) is 8.57. The predicted octanol–water partition coefficient (Wildman–Crippen LogP) is 2.95. The molecule has 1 saturated heterocycles. The topological polar surface area (TPSA) is 75.4 Å². The summed E-state index contributed by atoms with van der Waals surface area (Å²) in [5, 5.41) is 9.30. The lowest BCUT2D eigenvalue weighted by molar-refractivity contribution is -0.137. The summed E-state index contributed by atoms with van der Waals surface area (Å²) in [6.45, 7) is 2.34. The number of imidazole rings is 1. The summed E-state index contributed by atoms with van der Waals surface area (Å²) in [7, 11) is 0. The lowest BCUT2D eigenvalue weighted by Crippen LogP contribution is -2.24. The highest BCUT2D eigenvalue weighted by Crippen LogP contribution is 2.33. The monoisotopic (exact) mass is 349 g/mol. The molecule has 26 heavy (non-hydrogen) atoms. The zero-order valence-electron chi connectivity index (χ0n) is 14.4. The van der Waals surface area contributed by atoms with Crippen molar-refractivity contribution >= 4 is 28.6 Å². The van der Waals surface area contributed by atoms with Gasteiger partial charge in [-0.2, -0.15) is 0 Å². The van der Waals surface area contributed by atoms with Crippen molar-refractivity contribution < 1.29 is 14.7 Å². The normalized spacial score (nSPS) is 17.2. The number of rotatable bonds is 4. The van der Waals surface area contributed by atoms with Crippen LogP contribution in [0.25, 0.3) is 11.0 Å². The molecule has 0 radical (unpaired) electrons. The van der Waals surface area contributed by atoms with Gasteiger partial charge in [-0.1, -0.05) is 24.3 Å². The van der Waals surface area contributed by atoms with Crippen LogP contribution < -0.4 is 4.90 Å². The maximum atomic E-state index is 12.6. The predicted molar refractivity (Wildman–Crippen MR) is 98.3 cm³/mol. The minimum atomic E-state index is -0.922. The molecular formula is C20H19N3O3. The molecule has 6 nitrogen and oxygen atoms in total. The molecule has 1 fully saturated rings. The molecule has 2 heterocycles. The highest BCUT2D eigenvalue weighted by molar-refractivity contribution is 5.96. The van der Waals surface area contributed by atoms with Gasteiger partial charge in [0.1, 0.15) is 12.4 Å². The fraction of sp³-hybridized carbons (Fsp3) is 0.250. The Hall–Kier alpha value is -3.15. The van der Waals surface area contributed by atoms with Gasteiger partial charge in [-0.3, -0.25) is 9.59 Å². The molecule has 0 bridgehead atoms. The van der Waals surface area contributed by atoms with Gasteiger partial charge in [0.2, 0.25) is 5.91 Å². The van der Waals surface area contributed by atoms with Gasteiger partial charge in [0, 0.05) is 24.6 Å². The molecule has 1 atom stereocenters. The van der Waals surface area contributed by atoms with Crippen LogP contribution in [0.2, 0.25) is 0 Å². The van der Waals surface area contributed by atoms with Gasteiger partial charge >= 0.3 is 5.97 Å². The molecule has 2 aromatic carbocycles. The maximum Gasteiger partial charge on any atom is 0.323 e. The molecule has 0 saturated carbocycles.